The third-order valence-electron chi connectivity index (χ3n) is 5.82. The number of hydrogen-bond acceptors (Lipinski definition) is 8. The predicted octanol–water partition coefficient (Wildman–Crippen LogP) is 2.89. The summed E-state index contributed by atoms with van der Waals surface area (Å²) in [6.07, 6.45) is 3.51. The number of rotatable bonds is 6. The molecule has 0 bridgehead atoms. The number of carbonyl (C=O) groups is 1. The Bertz CT molecular complexity index is 1190. The first kappa shape index (κ1) is 21.4. The molecule has 1 atom stereocenters. The van der Waals surface area contributed by atoms with Gasteiger partial charge in [0.1, 0.15) is 12.1 Å². The minimum atomic E-state index is -0.434. The van der Waals surface area contributed by atoms with E-state index in [1.54, 1.807) is 11.1 Å². The number of imidazole rings is 1. The van der Waals surface area contributed by atoms with E-state index in [-0.39, 0.29) is 12.7 Å². The zero-order valence-electron chi connectivity index (χ0n) is 17.2. The van der Waals surface area contributed by atoms with Crippen LogP contribution < -0.4 is 15.2 Å². The van der Waals surface area contributed by atoms with Crippen LogP contribution in [0.25, 0.3) is 11.0 Å². The molecule has 1 amide bonds. The number of aliphatic hydroxyl groups excluding tert-OH is 1. The van der Waals surface area contributed by atoms with Crippen LogP contribution in [0, 0.1) is 5.92 Å². The normalized spacial score (nSPS) is 17.4. The Morgan fingerprint density at radius 1 is 1.34 bits per heavy atom. The van der Waals surface area contributed by atoms with Crippen molar-refractivity contribution in [3.63, 3.8) is 0 Å². The van der Waals surface area contributed by atoms with Gasteiger partial charge >= 0.3 is 0 Å². The second kappa shape index (κ2) is 8.80. The standard InChI is InChI=1S/C21H22BrN5O4S/c22-13-7-15-16(31-11-30-15)8-17(13)32-21-25-19-14(1-4-24-20(19)23)27(21)6-3-12-2-5-26(9-12)18(29)10-28/h1,4,7-8,12,28H,2-3,5-6,9-11H2,(H2,23,24). The number of nitrogen functional groups attached to an aromatic ring is 1. The van der Waals surface area contributed by atoms with E-state index in [9.17, 15) is 4.79 Å². The summed E-state index contributed by atoms with van der Waals surface area (Å²) in [5, 5.41) is 9.92. The first-order chi connectivity index (χ1) is 15.5. The van der Waals surface area contributed by atoms with Crippen molar-refractivity contribution in [1.82, 2.24) is 19.4 Å². The van der Waals surface area contributed by atoms with Gasteiger partial charge in [0.15, 0.2) is 22.5 Å². The molecule has 1 aromatic carbocycles. The number of aryl methyl sites for hydroxylation is 1. The van der Waals surface area contributed by atoms with Gasteiger partial charge in [0.05, 0.1) is 5.52 Å². The topological polar surface area (TPSA) is 116 Å². The summed E-state index contributed by atoms with van der Waals surface area (Å²) in [5.41, 5.74) is 7.72. The maximum Gasteiger partial charge on any atom is 0.248 e. The fourth-order valence-corrected chi connectivity index (χ4v) is 5.65. The molecule has 4 heterocycles. The number of anilines is 1. The molecule has 1 unspecified atom stereocenters. The van der Waals surface area contributed by atoms with Crippen LogP contribution in [-0.4, -0.2) is 56.9 Å². The molecule has 3 N–H and O–H groups in total. The van der Waals surface area contributed by atoms with Crippen LogP contribution >= 0.6 is 27.7 Å². The van der Waals surface area contributed by atoms with Gasteiger partial charge in [0.25, 0.3) is 0 Å². The fourth-order valence-electron chi connectivity index (χ4n) is 4.13. The number of ether oxygens (including phenoxy) is 2. The highest BCUT2D eigenvalue weighted by Gasteiger charge is 2.26. The summed E-state index contributed by atoms with van der Waals surface area (Å²) in [6, 6.07) is 5.77. The molecule has 0 radical (unpaired) electrons. The highest BCUT2D eigenvalue weighted by Crippen LogP contribution is 2.43. The van der Waals surface area contributed by atoms with Gasteiger partial charge in [-0.3, -0.25) is 4.79 Å². The molecule has 0 saturated carbocycles. The molecular formula is C21H22BrN5O4S. The smallest absolute Gasteiger partial charge is 0.248 e. The third kappa shape index (κ3) is 4.00. The lowest BCUT2D eigenvalue weighted by Crippen LogP contribution is -2.31. The van der Waals surface area contributed by atoms with Crippen molar-refractivity contribution < 1.29 is 19.4 Å². The number of pyridine rings is 1. The Balaban J connectivity index is 1.42. The van der Waals surface area contributed by atoms with Gasteiger partial charge in [-0.2, -0.15) is 0 Å². The second-order valence-electron chi connectivity index (χ2n) is 7.79. The number of halogens is 1. The van der Waals surface area contributed by atoms with Crippen molar-refractivity contribution in [2.45, 2.75) is 29.4 Å². The monoisotopic (exact) mass is 519 g/mol. The molecule has 0 spiro atoms. The molecular weight excluding hydrogens is 498 g/mol. The van der Waals surface area contributed by atoms with Gasteiger partial charge in [-0.25, -0.2) is 9.97 Å². The first-order valence-corrected chi connectivity index (χ1v) is 11.9. The summed E-state index contributed by atoms with van der Waals surface area (Å²) in [7, 11) is 0. The van der Waals surface area contributed by atoms with Crippen LogP contribution in [0.5, 0.6) is 11.5 Å². The molecule has 5 rings (SSSR count). The zero-order valence-corrected chi connectivity index (χ0v) is 19.6. The Kier molecular flexibility index (Phi) is 5.87. The Hall–Kier alpha value is -2.50. The summed E-state index contributed by atoms with van der Waals surface area (Å²) < 4.78 is 14.0. The van der Waals surface area contributed by atoms with Gasteiger partial charge in [0.2, 0.25) is 12.7 Å². The molecule has 3 aromatic rings. The molecule has 32 heavy (non-hydrogen) atoms. The van der Waals surface area contributed by atoms with Gasteiger partial charge in [-0.1, -0.05) is 11.8 Å². The van der Waals surface area contributed by atoms with Crippen LogP contribution in [0.1, 0.15) is 12.8 Å². The maximum atomic E-state index is 11.8. The SMILES string of the molecule is Nc1nccc2c1nc(Sc1cc3c(cc1Br)OCO3)n2CCC1CCN(C(=O)CO)C1. The molecule has 2 aliphatic heterocycles. The van der Waals surface area contributed by atoms with Crippen LogP contribution in [-0.2, 0) is 11.3 Å². The van der Waals surface area contributed by atoms with Gasteiger partial charge in [-0.05, 0) is 52.9 Å². The van der Waals surface area contributed by atoms with E-state index in [0.717, 1.165) is 39.4 Å². The predicted molar refractivity (Wildman–Crippen MR) is 123 cm³/mol. The average molecular weight is 520 g/mol. The Morgan fingerprint density at radius 2 is 2.16 bits per heavy atom. The number of benzene rings is 1. The summed E-state index contributed by atoms with van der Waals surface area (Å²) in [4.78, 5) is 23.5. The van der Waals surface area contributed by atoms with Crippen molar-refractivity contribution in [3.05, 3.63) is 28.9 Å². The quantitative estimate of drug-likeness (QED) is 0.510. The maximum absolute atomic E-state index is 11.8. The first-order valence-electron chi connectivity index (χ1n) is 10.3. The number of amides is 1. The minimum absolute atomic E-state index is 0.205. The minimum Gasteiger partial charge on any atom is -0.454 e. The molecule has 0 aliphatic carbocycles. The van der Waals surface area contributed by atoms with E-state index in [1.165, 1.54) is 11.8 Å². The molecule has 168 valence electrons. The number of aromatic nitrogens is 3. The number of nitrogens with two attached hydrogens (primary N) is 1. The highest BCUT2D eigenvalue weighted by molar-refractivity contribution is 9.10. The van der Waals surface area contributed by atoms with Crippen molar-refractivity contribution in [2.75, 3.05) is 32.2 Å². The average Bonchev–Trinajstić information content (AvgIpc) is 3.51. The van der Waals surface area contributed by atoms with Crippen molar-refractivity contribution in [3.8, 4) is 11.5 Å². The molecule has 2 aromatic heterocycles. The van der Waals surface area contributed by atoms with Crippen LogP contribution in [0.4, 0.5) is 5.82 Å². The van der Waals surface area contributed by atoms with E-state index in [1.807, 2.05) is 18.2 Å². The van der Waals surface area contributed by atoms with Crippen LogP contribution in [0.3, 0.4) is 0 Å². The Morgan fingerprint density at radius 3 is 2.97 bits per heavy atom. The van der Waals surface area contributed by atoms with E-state index in [0.29, 0.717) is 41.8 Å². The largest absolute Gasteiger partial charge is 0.454 e. The summed E-state index contributed by atoms with van der Waals surface area (Å²) in [5.74, 6) is 1.99. The summed E-state index contributed by atoms with van der Waals surface area (Å²) in [6.45, 7) is 1.88. The molecule has 1 fully saturated rings. The van der Waals surface area contributed by atoms with Gasteiger partial charge < -0.3 is 29.8 Å². The lowest BCUT2D eigenvalue weighted by Gasteiger charge is -2.16. The van der Waals surface area contributed by atoms with E-state index >= 15 is 0 Å². The lowest BCUT2D eigenvalue weighted by molar-refractivity contribution is -0.133. The van der Waals surface area contributed by atoms with Crippen molar-refractivity contribution in [1.29, 1.82) is 0 Å². The molecule has 9 nitrogen and oxygen atoms in total. The Labute approximate surface area is 197 Å². The lowest BCUT2D eigenvalue weighted by atomic mass is 10.1. The number of carbonyl (C=O) groups excluding carboxylic acids is 1. The van der Waals surface area contributed by atoms with E-state index in [4.69, 9.17) is 25.3 Å². The number of fused-ring (bicyclic) bond motifs is 2. The number of nitrogens with zero attached hydrogens (tertiary/aromatic N) is 4. The van der Waals surface area contributed by atoms with Crippen LogP contribution in [0.2, 0.25) is 0 Å². The number of hydrogen-bond donors (Lipinski definition) is 2. The number of likely N-dealkylation sites (tertiary alicyclic amines) is 1. The third-order valence-corrected chi connectivity index (χ3v) is 7.79. The van der Waals surface area contributed by atoms with E-state index < -0.39 is 6.61 Å². The molecule has 2 aliphatic rings. The zero-order chi connectivity index (χ0) is 22.2. The fraction of sp³-hybridized carbons (Fsp3) is 0.381. The van der Waals surface area contributed by atoms with Gasteiger partial charge in [0, 0.05) is 35.2 Å². The van der Waals surface area contributed by atoms with Crippen molar-refractivity contribution in [2.24, 2.45) is 5.92 Å². The highest BCUT2D eigenvalue weighted by atomic mass is 79.9. The molecule has 11 heteroatoms. The molecule has 1 saturated heterocycles. The number of aliphatic hydroxyl groups is 1. The van der Waals surface area contributed by atoms with E-state index in [2.05, 4.69) is 25.5 Å². The second-order valence-corrected chi connectivity index (χ2v) is 9.65. The van der Waals surface area contributed by atoms with Crippen molar-refractivity contribution >= 4 is 50.5 Å². The summed E-state index contributed by atoms with van der Waals surface area (Å²) >= 11 is 5.14. The van der Waals surface area contributed by atoms with Gasteiger partial charge in [-0.15, -0.1) is 0 Å². The van der Waals surface area contributed by atoms with Crippen LogP contribution in [0.15, 0.2) is 38.9 Å².